The summed E-state index contributed by atoms with van der Waals surface area (Å²) in [4.78, 5) is 16.6. The third-order valence-electron chi connectivity index (χ3n) is 1.88. The summed E-state index contributed by atoms with van der Waals surface area (Å²) >= 11 is 0. The van der Waals surface area contributed by atoms with Crippen molar-refractivity contribution < 1.29 is 18.0 Å². The van der Waals surface area contributed by atoms with Crippen LogP contribution in [0.5, 0.6) is 0 Å². The fraction of sp³-hybridized carbons (Fsp3) is 0.400. The van der Waals surface area contributed by atoms with Crippen LogP contribution < -0.4 is 5.32 Å². The molecule has 0 atom stereocenters. The van der Waals surface area contributed by atoms with Gasteiger partial charge in [0.1, 0.15) is 12.2 Å². The van der Waals surface area contributed by atoms with Gasteiger partial charge in [-0.1, -0.05) is 0 Å². The molecule has 1 aromatic rings. The summed E-state index contributed by atoms with van der Waals surface area (Å²) in [7, 11) is 3.08. The van der Waals surface area contributed by atoms with Gasteiger partial charge >= 0.3 is 6.18 Å². The number of carbonyl (C=O) groups excluding carboxylic acids is 1. The minimum Gasteiger partial charge on any atom is -0.376 e. The third kappa shape index (κ3) is 4.29. The van der Waals surface area contributed by atoms with E-state index < -0.39 is 12.7 Å². The van der Waals surface area contributed by atoms with Crippen molar-refractivity contribution in [2.24, 2.45) is 0 Å². The standard InChI is InChI=1S/C10H12F3N3O/c1-16(2)9(17)8-5-7(3-4-14-8)15-6-10(11,12)13/h3-5H,6H2,1-2H3,(H,14,15). The topological polar surface area (TPSA) is 45.2 Å². The Kier molecular flexibility index (Phi) is 3.93. The molecule has 0 spiro atoms. The summed E-state index contributed by atoms with van der Waals surface area (Å²) in [6.07, 6.45) is -3.01. The molecule has 0 aliphatic heterocycles. The second kappa shape index (κ2) is 5.03. The third-order valence-corrected chi connectivity index (χ3v) is 1.88. The number of pyridine rings is 1. The Balaban J connectivity index is 2.76. The van der Waals surface area contributed by atoms with Gasteiger partial charge in [-0.25, -0.2) is 0 Å². The first kappa shape index (κ1) is 13.3. The maximum atomic E-state index is 12.0. The molecule has 1 rings (SSSR count). The van der Waals surface area contributed by atoms with E-state index in [9.17, 15) is 18.0 Å². The van der Waals surface area contributed by atoms with E-state index in [4.69, 9.17) is 0 Å². The van der Waals surface area contributed by atoms with E-state index in [1.54, 1.807) is 14.1 Å². The largest absolute Gasteiger partial charge is 0.405 e. The van der Waals surface area contributed by atoms with Gasteiger partial charge in [0.05, 0.1) is 0 Å². The zero-order chi connectivity index (χ0) is 13.1. The van der Waals surface area contributed by atoms with Crippen LogP contribution in [0.15, 0.2) is 18.3 Å². The van der Waals surface area contributed by atoms with Crippen LogP contribution in [0.1, 0.15) is 10.5 Å². The number of carbonyl (C=O) groups is 1. The van der Waals surface area contributed by atoms with Crippen LogP contribution in [0, 0.1) is 0 Å². The monoisotopic (exact) mass is 247 g/mol. The molecule has 0 saturated heterocycles. The molecule has 0 unspecified atom stereocenters. The summed E-state index contributed by atoms with van der Waals surface area (Å²) in [6, 6.07) is 2.66. The highest BCUT2D eigenvalue weighted by Crippen LogP contribution is 2.16. The maximum absolute atomic E-state index is 12.0. The van der Waals surface area contributed by atoms with Gasteiger partial charge in [-0.3, -0.25) is 9.78 Å². The number of hydrogen-bond acceptors (Lipinski definition) is 3. The van der Waals surface area contributed by atoms with Crippen LogP contribution in [0.2, 0.25) is 0 Å². The number of aromatic nitrogens is 1. The van der Waals surface area contributed by atoms with Crippen molar-refractivity contribution in [1.82, 2.24) is 9.88 Å². The summed E-state index contributed by atoms with van der Waals surface area (Å²) in [5, 5.41) is 2.18. The Bertz CT molecular complexity index is 404. The quantitative estimate of drug-likeness (QED) is 0.885. The highest BCUT2D eigenvalue weighted by Gasteiger charge is 2.26. The molecule has 0 saturated carbocycles. The highest BCUT2D eigenvalue weighted by molar-refractivity contribution is 5.92. The Morgan fingerprint density at radius 2 is 2.12 bits per heavy atom. The van der Waals surface area contributed by atoms with Gasteiger partial charge < -0.3 is 10.2 Å². The average Bonchev–Trinajstić information content (AvgIpc) is 2.24. The molecule has 0 radical (unpaired) electrons. The molecule has 0 aliphatic rings. The molecule has 4 nitrogen and oxygen atoms in total. The zero-order valence-corrected chi connectivity index (χ0v) is 9.38. The smallest absolute Gasteiger partial charge is 0.376 e. The maximum Gasteiger partial charge on any atom is 0.405 e. The Labute approximate surface area is 96.4 Å². The predicted molar refractivity (Wildman–Crippen MR) is 56.8 cm³/mol. The zero-order valence-electron chi connectivity index (χ0n) is 9.38. The van der Waals surface area contributed by atoms with Crippen molar-refractivity contribution in [2.75, 3.05) is 26.0 Å². The lowest BCUT2D eigenvalue weighted by Gasteiger charge is -2.12. The number of amides is 1. The van der Waals surface area contributed by atoms with E-state index in [1.165, 1.54) is 23.2 Å². The van der Waals surface area contributed by atoms with E-state index >= 15 is 0 Å². The van der Waals surface area contributed by atoms with E-state index in [0.717, 1.165) is 0 Å². The minimum atomic E-state index is -4.30. The van der Waals surface area contributed by atoms with E-state index in [-0.39, 0.29) is 17.3 Å². The average molecular weight is 247 g/mol. The van der Waals surface area contributed by atoms with Crippen LogP contribution >= 0.6 is 0 Å². The Morgan fingerprint density at radius 1 is 1.47 bits per heavy atom. The molecule has 0 aliphatic carbocycles. The summed E-state index contributed by atoms with van der Waals surface area (Å²) in [6.45, 7) is -1.15. The molecular formula is C10H12F3N3O. The van der Waals surface area contributed by atoms with Gasteiger partial charge in [0, 0.05) is 26.0 Å². The van der Waals surface area contributed by atoms with Crippen molar-refractivity contribution in [2.45, 2.75) is 6.18 Å². The predicted octanol–water partition coefficient (Wildman–Crippen LogP) is 1.76. The number of nitrogens with one attached hydrogen (secondary N) is 1. The Morgan fingerprint density at radius 3 is 2.65 bits per heavy atom. The lowest BCUT2D eigenvalue weighted by atomic mass is 10.3. The van der Waals surface area contributed by atoms with Crippen LogP contribution in [0.3, 0.4) is 0 Å². The lowest BCUT2D eigenvalue weighted by molar-refractivity contribution is -0.115. The lowest BCUT2D eigenvalue weighted by Crippen LogP contribution is -2.24. The molecule has 7 heteroatoms. The number of anilines is 1. The van der Waals surface area contributed by atoms with Crippen LogP contribution in [0.4, 0.5) is 18.9 Å². The van der Waals surface area contributed by atoms with E-state index in [2.05, 4.69) is 10.3 Å². The number of nitrogens with zero attached hydrogens (tertiary/aromatic N) is 2. The first-order chi connectivity index (χ1) is 7.79. The number of rotatable bonds is 3. The molecule has 0 fully saturated rings. The normalized spacial score (nSPS) is 11.1. The minimum absolute atomic E-state index is 0.0992. The van der Waals surface area contributed by atoms with Crippen LogP contribution in [0.25, 0.3) is 0 Å². The van der Waals surface area contributed by atoms with Crippen LogP contribution in [-0.2, 0) is 0 Å². The molecule has 17 heavy (non-hydrogen) atoms. The van der Waals surface area contributed by atoms with Crippen molar-refractivity contribution in [3.05, 3.63) is 24.0 Å². The number of hydrogen-bond donors (Lipinski definition) is 1. The van der Waals surface area contributed by atoms with Gasteiger partial charge in [0.15, 0.2) is 0 Å². The molecule has 0 aromatic carbocycles. The van der Waals surface area contributed by atoms with Gasteiger partial charge in [-0.2, -0.15) is 13.2 Å². The molecule has 1 heterocycles. The van der Waals surface area contributed by atoms with Gasteiger partial charge in [-0.05, 0) is 12.1 Å². The van der Waals surface area contributed by atoms with Crippen molar-refractivity contribution in [3.63, 3.8) is 0 Å². The molecule has 1 amide bonds. The van der Waals surface area contributed by atoms with E-state index in [0.29, 0.717) is 0 Å². The second-order valence-corrected chi connectivity index (χ2v) is 3.60. The van der Waals surface area contributed by atoms with Crippen molar-refractivity contribution in [1.29, 1.82) is 0 Å². The van der Waals surface area contributed by atoms with Crippen LogP contribution in [-0.4, -0.2) is 42.6 Å². The molecular weight excluding hydrogens is 235 g/mol. The van der Waals surface area contributed by atoms with Gasteiger partial charge in [0.25, 0.3) is 5.91 Å². The number of alkyl halides is 3. The molecule has 0 bridgehead atoms. The van der Waals surface area contributed by atoms with Gasteiger partial charge in [-0.15, -0.1) is 0 Å². The van der Waals surface area contributed by atoms with Crippen molar-refractivity contribution >= 4 is 11.6 Å². The highest BCUT2D eigenvalue weighted by atomic mass is 19.4. The number of halogens is 3. The SMILES string of the molecule is CN(C)C(=O)c1cc(NCC(F)(F)F)ccn1. The van der Waals surface area contributed by atoms with Gasteiger partial charge in [0.2, 0.25) is 0 Å². The summed E-state index contributed by atoms with van der Waals surface area (Å²) in [5.41, 5.74) is 0.310. The molecule has 1 aromatic heterocycles. The van der Waals surface area contributed by atoms with E-state index in [1.807, 2.05) is 0 Å². The van der Waals surface area contributed by atoms with Crippen molar-refractivity contribution in [3.8, 4) is 0 Å². The first-order valence-corrected chi connectivity index (χ1v) is 4.78. The fourth-order valence-electron chi connectivity index (χ4n) is 1.09. The molecule has 94 valence electrons. The first-order valence-electron chi connectivity index (χ1n) is 4.78. The molecule has 1 N–H and O–H groups in total. The second-order valence-electron chi connectivity index (χ2n) is 3.60. The summed E-state index contributed by atoms with van der Waals surface area (Å²) in [5.74, 6) is -0.361. The Hall–Kier alpha value is -1.79. The fourth-order valence-corrected chi connectivity index (χ4v) is 1.09. The summed E-state index contributed by atoms with van der Waals surface area (Å²) < 4.78 is 35.9.